The lowest BCUT2D eigenvalue weighted by Gasteiger charge is -2.32. The van der Waals surface area contributed by atoms with Crippen LogP contribution >= 0.6 is 11.6 Å². The predicted molar refractivity (Wildman–Crippen MR) is 240 cm³/mol. The van der Waals surface area contributed by atoms with E-state index in [-0.39, 0.29) is 46.6 Å². The van der Waals surface area contributed by atoms with Gasteiger partial charge in [0.2, 0.25) is 33.7 Å². The molecule has 9 N–H and O–H groups in total. The van der Waals surface area contributed by atoms with Crippen LogP contribution in [-0.4, -0.2) is 109 Å². The van der Waals surface area contributed by atoms with Crippen LogP contribution in [0.3, 0.4) is 0 Å². The Morgan fingerprint density at radius 3 is 2.09 bits per heavy atom. The SMILES string of the molecule is C[C@H](NC(=O)[C@@H]1Cc2ccc(O)c(c2)-c2cc(ccc2O)[C@H](N(C)C(=O)[C@H](CCCCN)NC(=O)c2ccc(-c3ccc(Cl)cc3)cc2)C(=O)N[C@@H](C)C(=O)N1)C(=O)CNS(C)(=O)=O. The van der Waals surface area contributed by atoms with Gasteiger partial charge < -0.3 is 42.1 Å². The molecule has 19 heteroatoms. The van der Waals surface area contributed by atoms with Gasteiger partial charge in [-0.3, -0.25) is 28.8 Å². The Balaban J connectivity index is 1.47. The molecular formula is C45H52ClN7O10S. The van der Waals surface area contributed by atoms with Crippen LogP contribution in [0.4, 0.5) is 0 Å². The van der Waals surface area contributed by atoms with Gasteiger partial charge in [-0.05, 0) is 110 Å². The summed E-state index contributed by atoms with van der Waals surface area (Å²) in [5, 5.41) is 33.3. The first-order valence-electron chi connectivity index (χ1n) is 20.4. The van der Waals surface area contributed by atoms with Gasteiger partial charge in [-0.25, -0.2) is 13.1 Å². The number of benzene rings is 4. The third-order valence-electron chi connectivity index (χ3n) is 10.7. The van der Waals surface area contributed by atoms with Crippen molar-refractivity contribution in [1.29, 1.82) is 0 Å². The normalized spacial score (nSPS) is 17.4. The molecular weight excluding hydrogens is 866 g/mol. The number of phenolic OH excluding ortho intramolecular Hbond substituents is 2. The van der Waals surface area contributed by atoms with Crippen LogP contribution in [0.1, 0.15) is 60.6 Å². The van der Waals surface area contributed by atoms with Crippen molar-refractivity contribution in [1.82, 2.24) is 30.9 Å². The lowest BCUT2D eigenvalue weighted by atomic mass is 9.93. The molecule has 5 rings (SSSR count). The number of aromatic hydroxyl groups is 2. The summed E-state index contributed by atoms with van der Waals surface area (Å²) in [5.74, 6) is -4.92. The number of hydrogen-bond donors (Lipinski definition) is 8. The molecule has 4 aromatic carbocycles. The Bertz CT molecular complexity index is 2500. The summed E-state index contributed by atoms with van der Waals surface area (Å²) >= 11 is 6.04. The van der Waals surface area contributed by atoms with Crippen molar-refractivity contribution >= 4 is 56.9 Å². The molecule has 340 valence electrons. The Kier molecular flexibility index (Phi) is 16.2. The number of sulfonamides is 1. The molecule has 0 aliphatic carbocycles. The quantitative estimate of drug-likeness (QED) is 0.0804. The van der Waals surface area contributed by atoms with Gasteiger partial charge in [0, 0.05) is 35.2 Å². The van der Waals surface area contributed by atoms with Gasteiger partial charge >= 0.3 is 0 Å². The largest absolute Gasteiger partial charge is 0.507 e. The third-order valence-corrected chi connectivity index (χ3v) is 11.6. The van der Waals surface area contributed by atoms with E-state index in [4.69, 9.17) is 17.3 Å². The van der Waals surface area contributed by atoms with Gasteiger partial charge in [0.1, 0.15) is 35.7 Å². The van der Waals surface area contributed by atoms with Crippen molar-refractivity contribution in [2.24, 2.45) is 5.73 Å². The molecule has 0 unspecified atom stereocenters. The summed E-state index contributed by atoms with van der Waals surface area (Å²) in [4.78, 5) is 83.9. The fraction of sp³-hybridized carbons (Fsp3) is 0.333. The summed E-state index contributed by atoms with van der Waals surface area (Å²) in [5.41, 5.74) is 8.50. The maximum Gasteiger partial charge on any atom is 0.251 e. The van der Waals surface area contributed by atoms with Crippen molar-refractivity contribution < 1.29 is 47.4 Å². The van der Waals surface area contributed by atoms with Gasteiger partial charge in [0.25, 0.3) is 5.91 Å². The van der Waals surface area contributed by atoms with E-state index in [1.165, 1.54) is 57.3 Å². The van der Waals surface area contributed by atoms with Gasteiger partial charge in [-0.2, -0.15) is 0 Å². The number of hydrogen-bond acceptors (Lipinski definition) is 11. The van der Waals surface area contributed by atoms with E-state index in [9.17, 15) is 47.4 Å². The van der Waals surface area contributed by atoms with Gasteiger partial charge in [0.05, 0.1) is 18.8 Å². The first kappa shape index (κ1) is 48.7. The lowest BCUT2D eigenvalue weighted by Crippen LogP contribution is -2.57. The second-order valence-electron chi connectivity index (χ2n) is 15.7. The van der Waals surface area contributed by atoms with E-state index >= 15 is 0 Å². The number of likely N-dealkylation sites (N-methyl/N-ethyl adjacent to an activating group) is 1. The molecule has 1 aliphatic rings. The van der Waals surface area contributed by atoms with Crippen LogP contribution in [0.15, 0.2) is 84.9 Å². The highest BCUT2D eigenvalue weighted by molar-refractivity contribution is 7.88. The Labute approximate surface area is 376 Å². The summed E-state index contributed by atoms with van der Waals surface area (Å²) in [6.45, 7) is 2.45. The van der Waals surface area contributed by atoms with Crippen molar-refractivity contribution in [2.75, 3.05) is 26.4 Å². The summed E-state index contributed by atoms with van der Waals surface area (Å²) in [7, 11) is -2.35. The first-order chi connectivity index (χ1) is 30.3. The number of halogens is 1. The zero-order valence-electron chi connectivity index (χ0n) is 35.7. The number of ketones is 1. The monoisotopic (exact) mass is 917 g/mol. The van der Waals surface area contributed by atoms with Gasteiger partial charge in [-0.15, -0.1) is 0 Å². The second kappa shape index (κ2) is 21.4. The molecule has 0 aromatic heterocycles. The van der Waals surface area contributed by atoms with Crippen molar-refractivity contribution in [2.45, 2.75) is 69.7 Å². The van der Waals surface area contributed by atoms with Crippen LogP contribution < -0.4 is 31.7 Å². The van der Waals surface area contributed by atoms with Gasteiger partial charge in [0.15, 0.2) is 5.78 Å². The van der Waals surface area contributed by atoms with Gasteiger partial charge in [-0.1, -0.05) is 48.0 Å². The summed E-state index contributed by atoms with van der Waals surface area (Å²) < 4.78 is 25.1. The van der Waals surface area contributed by atoms with Crippen LogP contribution in [-0.2, 0) is 40.4 Å². The zero-order chi connectivity index (χ0) is 46.9. The molecule has 64 heavy (non-hydrogen) atoms. The number of nitrogens with two attached hydrogens (primary N) is 1. The topological polar surface area (TPSA) is 266 Å². The smallest absolute Gasteiger partial charge is 0.251 e. The first-order valence-corrected chi connectivity index (χ1v) is 22.7. The average Bonchev–Trinajstić information content (AvgIpc) is 3.25. The van der Waals surface area contributed by atoms with E-state index in [1.807, 2.05) is 12.1 Å². The highest BCUT2D eigenvalue weighted by Crippen LogP contribution is 2.39. The molecule has 17 nitrogen and oxygen atoms in total. The summed E-state index contributed by atoms with van der Waals surface area (Å²) in [6, 6.07) is 15.9. The molecule has 5 atom stereocenters. The fourth-order valence-electron chi connectivity index (χ4n) is 7.09. The van der Waals surface area contributed by atoms with Crippen LogP contribution in [0.25, 0.3) is 22.3 Å². The van der Waals surface area contributed by atoms with Crippen molar-refractivity contribution in [3.05, 3.63) is 107 Å². The zero-order valence-corrected chi connectivity index (χ0v) is 37.3. The highest BCUT2D eigenvalue weighted by atomic mass is 35.5. The third kappa shape index (κ3) is 12.6. The number of unbranched alkanes of at least 4 members (excludes halogenated alkanes) is 1. The van der Waals surface area contributed by atoms with Crippen LogP contribution in [0, 0.1) is 0 Å². The fourth-order valence-corrected chi connectivity index (χ4v) is 7.62. The molecule has 4 aromatic rings. The number of phenols is 2. The maximum absolute atomic E-state index is 14.6. The number of amides is 5. The molecule has 0 radical (unpaired) electrons. The maximum atomic E-state index is 14.6. The average molecular weight is 918 g/mol. The number of carbonyl (C=O) groups excluding carboxylic acids is 6. The molecule has 4 bridgehead atoms. The highest BCUT2D eigenvalue weighted by Gasteiger charge is 2.36. The molecule has 0 fully saturated rings. The molecule has 0 saturated carbocycles. The standard InChI is InChI=1S/C45H52ClN7O10S/c1-25(39(56)24-48-64(4,62)63)49-43(59)36-22-27-8-18-37(54)33(21-27)34-23-31(15-19-38(34)55)40(44(60)50-26(2)41(57)52-36)53(3)45(61)35(7-5-6-20-47)51-42(58)30-11-9-28(10-12-30)29-13-16-32(46)17-14-29/h8-19,21,23,25-26,35-36,40,48,54-55H,5-7,20,22,24,47H2,1-4H3,(H,49,59)(H,50,60)(H,51,58)(H,52,57)/t25-,26-,35-,36-,40-/m0/s1. The number of Topliss-reactive ketones (excluding diaryl/α,β-unsaturated/α-hetero) is 1. The minimum absolute atomic E-state index is 0.0677. The molecule has 0 spiro atoms. The number of carbonyl (C=O) groups is 6. The minimum atomic E-state index is -3.71. The van der Waals surface area contributed by atoms with E-state index in [0.29, 0.717) is 30.0 Å². The van der Waals surface area contributed by atoms with Crippen molar-refractivity contribution in [3.63, 3.8) is 0 Å². The Hall–Kier alpha value is -6.34. The minimum Gasteiger partial charge on any atom is -0.507 e. The van der Waals surface area contributed by atoms with E-state index in [2.05, 4.69) is 26.0 Å². The number of nitrogens with zero attached hydrogens (tertiary/aromatic N) is 1. The van der Waals surface area contributed by atoms with Crippen molar-refractivity contribution in [3.8, 4) is 33.8 Å². The van der Waals surface area contributed by atoms with E-state index in [0.717, 1.165) is 22.3 Å². The Morgan fingerprint density at radius 1 is 0.859 bits per heavy atom. The number of rotatable bonds is 15. The second-order valence-corrected chi connectivity index (χ2v) is 17.9. The molecule has 1 heterocycles. The Morgan fingerprint density at radius 2 is 1.47 bits per heavy atom. The van der Waals surface area contributed by atoms with E-state index < -0.39 is 82.1 Å². The van der Waals surface area contributed by atoms with E-state index in [1.54, 1.807) is 36.4 Å². The van der Waals surface area contributed by atoms with Crippen LogP contribution in [0.2, 0.25) is 5.02 Å². The molecule has 5 amide bonds. The molecule has 1 aliphatic heterocycles. The van der Waals surface area contributed by atoms with Crippen LogP contribution in [0.5, 0.6) is 11.5 Å². The predicted octanol–water partition coefficient (Wildman–Crippen LogP) is 2.68. The lowest BCUT2D eigenvalue weighted by molar-refractivity contribution is -0.141. The number of fused-ring (bicyclic) bond motifs is 5. The number of nitrogens with one attached hydrogen (secondary N) is 5. The molecule has 0 saturated heterocycles. The summed E-state index contributed by atoms with van der Waals surface area (Å²) in [6.07, 6.45) is 1.84.